The second-order valence-electron chi connectivity index (χ2n) is 5.92. The molecule has 0 aliphatic rings. The molecule has 2 rings (SSSR count). The summed E-state index contributed by atoms with van der Waals surface area (Å²) in [4.78, 5) is 0. The van der Waals surface area contributed by atoms with Gasteiger partial charge in [0, 0.05) is 36.3 Å². The van der Waals surface area contributed by atoms with E-state index >= 15 is 0 Å². The van der Waals surface area contributed by atoms with E-state index in [1.165, 1.54) is 11.3 Å². The summed E-state index contributed by atoms with van der Waals surface area (Å²) in [7, 11) is 2.01. The van der Waals surface area contributed by atoms with E-state index < -0.39 is 0 Å². The molecule has 0 amide bonds. The predicted molar refractivity (Wildman–Crippen MR) is 89.0 cm³/mol. The maximum Gasteiger partial charge on any atom is 0.0596 e. The molecule has 1 aromatic carbocycles. The fourth-order valence-electron chi connectivity index (χ4n) is 2.53. The van der Waals surface area contributed by atoms with E-state index in [9.17, 15) is 0 Å². The average molecular weight is 306 g/mol. The van der Waals surface area contributed by atoms with Crippen LogP contribution in [0.25, 0.3) is 0 Å². The third-order valence-corrected chi connectivity index (χ3v) is 3.92. The maximum atomic E-state index is 6.00. The smallest absolute Gasteiger partial charge is 0.0596 e. The van der Waals surface area contributed by atoms with Crippen molar-refractivity contribution in [2.45, 2.75) is 39.2 Å². The molecule has 1 heterocycles. The highest BCUT2D eigenvalue weighted by Crippen LogP contribution is 2.22. The Morgan fingerprint density at radius 3 is 2.43 bits per heavy atom. The minimum Gasteiger partial charge on any atom is -0.314 e. The molecule has 4 heteroatoms. The van der Waals surface area contributed by atoms with E-state index in [1.807, 2.05) is 30.8 Å². The number of hydrogen-bond donors (Lipinski definition) is 1. The summed E-state index contributed by atoms with van der Waals surface area (Å²) in [5.74, 6) is 0.416. The minimum atomic E-state index is 0.416. The second-order valence-corrected chi connectivity index (χ2v) is 6.35. The lowest BCUT2D eigenvalue weighted by Crippen LogP contribution is -2.29. The van der Waals surface area contributed by atoms with Crippen LogP contribution in [0.4, 0.5) is 0 Å². The lowest BCUT2D eigenvalue weighted by Gasteiger charge is -2.20. The zero-order chi connectivity index (χ0) is 15.4. The van der Waals surface area contributed by atoms with E-state index in [1.54, 1.807) is 0 Å². The Morgan fingerprint density at radius 1 is 1.24 bits per heavy atom. The Kier molecular flexibility index (Phi) is 5.43. The average Bonchev–Trinajstić information content (AvgIpc) is 2.73. The van der Waals surface area contributed by atoms with Gasteiger partial charge in [-0.3, -0.25) is 4.68 Å². The Hall–Kier alpha value is -1.32. The molecule has 21 heavy (non-hydrogen) atoms. The Balaban J connectivity index is 2.19. The van der Waals surface area contributed by atoms with Gasteiger partial charge in [-0.25, -0.2) is 0 Å². The summed E-state index contributed by atoms with van der Waals surface area (Å²) in [6.45, 7) is 7.33. The first kappa shape index (κ1) is 16.1. The Labute approximate surface area is 132 Å². The third-order valence-electron chi connectivity index (χ3n) is 3.67. The van der Waals surface area contributed by atoms with Gasteiger partial charge in [0.1, 0.15) is 0 Å². The van der Waals surface area contributed by atoms with Crippen molar-refractivity contribution in [2.24, 2.45) is 7.05 Å². The summed E-state index contributed by atoms with van der Waals surface area (Å²) in [6, 6.07) is 10.8. The van der Waals surface area contributed by atoms with Crippen LogP contribution in [-0.2, 0) is 13.5 Å². The van der Waals surface area contributed by atoms with E-state index in [2.05, 4.69) is 42.5 Å². The molecule has 0 aliphatic carbocycles. The van der Waals surface area contributed by atoms with Crippen molar-refractivity contribution < 1.29 is 0 Å². The first-order valence-electron chi connectivity index (χ1n) is 7.44. The Morgan fingerprint density at radius 2 is 1.90 bits per heavy atom. The largest absolute Gasteiger partial charge is 0.314 e. The van der Waals surface area contributed by atoms with Crippen molar-refractivity contribution in [3.8, 4) is 0 Å². The molecule has 1 unspecified atom stereocenters. The van der Waals surface area contributed by atoms with Gasteiger partial charge in [0.2, 0.25) is 0 Å². The number of halogens is 1. The van der Waals surface area contributed by atoms with E-state index in [-0.39, 0.29) is 0 Å². The van der Waals surface area contributed by atoms with E-state index in [0.29, 0.717) is 12.0 Å². The normalized spacial score (nSPS) is 12.9. The van der Waals surface area contributed by atoms with Crippen LogP contribution in [0.5, 0.6) is 0 Å². The predicted octanol–water partition coefficient (Wildman–Crippen LogP) is 3.71. The molecule has 1 N–H and O–H groups in total. The molecule has 0 aliphatic heterocycles. The van der Waals surface area contributed by atoms with Gasteiger partial charge in [0.25, 0.3) is 0 Å². The van der Waals surface area contributed by atoms with Crippen LogP contribution < -0.4 is 5.32 Å². The van der Waals surface area contributed by atoms with Gasteiger partial charge in [0.15, 0.2) is 0 Å². The molecule has 3 nitrogen and oxygen atoms in total. The molecule has 2 aromatic rings. The molecule has 114 valence electrons. The first-order valence-corrected chi connectivity index (χ1v) is 7.82. The standard InChI is InChI=1S/C17H24ClN3/c1-12(2)19-11-15(14-5-7-16(18)8-6-14)10-17-9-13(3)20-21(17)4/h5-9,12,15,19H,10-11H2,1-4H3. The van der Waals surface area contributed by atoms with Crippen LogP contribution in [0.3, 0.4) is 0 Å². The SMILES string of the molecule is Cc1cc(CC(CNC(C)C)c2ccc(Cl)cc2)n(C)n1. The quantitative estimate of drug-likeness (QED) is 0.882. The zero-order valence-electron chi connectivity index (χ0n) is 13.2. The van der Waals surface area contributed by atoms with Crippen LogP contribution in [-0.4, -0.2) is 22.4 Å². The third kappa shape index (κ3) is 4.58. The number of hydrogen-bond acceptors (Lipinski definition) is 2. The molecule has 1 aromatic heterocycles. The molecule has 0 spiro atoms. The summed E-state index contributed by atoms with van der Waals surface area (Å²) >= 11 is 6.00. The minimum absolute atomic E-state index is 0.416. The van der Waals surface area contributed by atoms with Crippen molar-refractivity contribution in [3.63, 3.8) is 0 Å². The number of benzene rings is 1. The molecule has 0 fully saturated rings. The van der Waals surface area contributed by atoms with Crippen LogP contribution in [0.2, 0.25) is 5.02 Å². The van der Waals surface area contributed by atoms with Crippen LogP contribution >= 0.6 is 11.6 Å². The maximum absolute atomic E-state index is 6.00. The summed E-state index contributed by atoms with van der Waals surface area (Å²) in [5, 5.41) is 8.77. The van der Waals surface area contributed by atoms with Crippen molar-refractivity contribution in [1.29, 1.82) is 0 Å². The summed E-state index contributed by atoms with van der Waals surface area (Å²) < 4.78 is 1.98. The van der Waals surface area contributed by atoms with Gasteiger partial charge >= 0.3 is 0 Å². The number of nitrogens with one attached hydrogen (secondary N) is 1. The lowest BCUT2D eigenvalue weighted by atomic mass is 9.93. The fraction of sp³-hybridized carbons (Fsp3) is 0.471. The van der Waals surface area contributed by atoms with Crippen LogP contribution in [0, 0.1) is 6.92 Å². The van der Waals surface area contributed by atoms with Crippen molar-refractivity contribution in [1.82, 2.24) is 15.1 Å². The van der Waals surface area contributed by atoms with Gasteiger partial charge < -0.3 is 5.32 Å². The molecule has 0 saturated carbocycles. The van der Waals surface area contributed by atoms with Crippen molar-refractivity contribution in [2.75, 3.05) is 6.54 Å². The van der Waals surface area contributed by atoms with Crippen molar-refractivity contribution in [3.05, 3.63) is 52.3 Å². The van der Waals surface area contributed by atoms with E-state index in [0.717, 1.165) is 23.7 Å². The fourth-order valence-corrected chi connectivity index (χ4v) is 2.65. The van der Waals surface area contributed by atoms with Crippen LogP contribution in [0.15, 0.2) is 30.3 Å². The van der Waals surface area contributed by atoms with Crippen molar-refractivity contribution >= 4 is 11.6 Å². The van der Waals surface area contributed by atoms with Crippen LogP contribution in [0.1, 0.15) is 36.7 Å². The van der Waals surface area contributed by atoms with Gasteiger partial charge in [0.05, 0.1) is 5.69 Å². The Bertz CT molecular complexity index is 572. The van der Waals surface area contributed by atoms with Gasteiger partial charge in [-0.05, 0) is 37.1 Å². The number of nitrogens with zero attached hydrogens (tertiary/aromatic N) is 2. The zero-order valence-corrected chi connectivity index (χ0v) is 14.0. The first-order chi connectivity index (χ1) is 9.95. The van der Waals surface area contributed by atoms with Gasteiger partial charge in [-0.15, -0.1) is 0 Å². The highest BCUT2D eigenvalue weighted by molar-refractivity contribution is 6.30. The number of rotatable bonds is 6. The molecular formula is C17H24ClN3. The highest BCUT2D eigenvalue weighted by atomic mass is 35.5. The number of aromatic nitrogens is 2. The molecule has 0 radical (unpaired) electrons. The summed E-state index contributed by atoms with van der Waals surface area (Å²) in [6.07, 6.45) is 0.971. The lowest BCUT2D eigenvalue weighted by molar-refractivity contribution is 0.516. The molecule has 0 bridgehead atoms. The number of aryl methyl sites for hydroxylation is 2. The second kappa shape index (κ2) is 7.10. The van der Waals surface area contributed by atoms with Gasteiger partial charge in [-0.2, -0.15) is 5.10 Å². The van der Waals surface area contributed by atoms with E-state index in [4.69, 9.17) is 11.6 Å². The van der Waals surface area contributed by atoms with Gasteiger partial charge in [-0.1, -0.05) is 37.6 Å². The summed E-state index contributed by atoms with van der Waals surface area (Å²) in [5.41, 5.74) is 3.64. The monoisotopic (exact) mass is 305 g/mol. The molecule has 0 saturated heterocycles. The highest BCUT2D eigenvalue weighted by Gasteiger charge is 2.15. The molecule has 1 atom stereocenters. The topological polar surface area (TPSA) is 29.9 Å². The molecular weight excluding hydrogens is 282 g/mol.